The second kappa shape index (κ2) is 8.81. The third-order valence-electron chi connectivity index (χ3n) is 6.31. The van der Waals surface area contributed by atoms with Gasteiger partial charge in [0.15, 0.2) is 5.54 Å². The van der Waals surface area contributed by atoms with E-state index in [0.29, 0.717) is 18.4 Å². The van der Waals surface area contributed by atoms with Gasteiger partial charge in [0.1, 0.15) is 23.7 Å². The highest BCUT2D eigenvalue weighted by molar-refractivity contribution is 5.91. The summed E-state index contributed by atoms with van der Waals surface area (Å²) in [4.78, 5) is 9.41. The number of fused-ring (bicyclic) bond motifs is 4. The fraction of sp³-hybridized carbons (Fsp3) is 0.161. The van der Waals surface area contributed by atoms with Gasteiger partial charge in [-0.05, 0) is 67.9 Å². The summed E-state index contributed by atoms with van der Waals surface area (Å²) in [6, 6.07) is 26.1. The highest BCUT2D eigenvalue weighted by atomic mass is 16.5. The number of hydrogen-bond donors (Lipinski definition) is 2. The third-order valence-corrected chi connectivity index (χ3v) is 6.31. The summed E-state index contributed by atoms with van der Waals surface area (Å²) < 4.78 is 12.5. The van der Waals surface area contributed by atoms with Crippen molar-refractivity contribution in [2.75, 3.05) is 11.9 Å². The summed E-state index contributed by atoms with van der Waals surface area (Å²) in [5.41, 5.74) is 3.48. The van der Waals surface area contributed by atoms with Crippen molar-refractivity contribution in [1.82, 2.24) is 4.98 Å². The van der Waals surface area contributed by atoms with E-state index in [2.05, 4.69) is 28.2 Å². The van der Waals surface area contributed by atoms with Crippen molar-refractivity contribution >= 4 is 11.7 Å². The van der Waals surface area contributed by atoms with E-state index < -0.39 is 11.1 Å². The molecule has 4 aromatic rings. The standard InChI is InChI=1S/C31H25N3O3/c1-30(2,35)15-14-21-10-12-27-25(17-21)31(20-36-29(34-31)33-24-8-4-3-5-9-24)26-18-22(11-13-28(26)37-27)23-7-6-16-32-19-23/h3-13,16-19,35H,20H2,1-2H3,(H,33,34)/t31-/m1/s1. The second-order valence-corrected chi connectivity index (χ2v) is 9.63. The molecule has 1 spiro atoms. The number of para-hydroxylation sites is 1. The molecule has 37 heavy (non-hydrogen) atoms. The molecule has 0 amide bonds. The largest absolute Gasteiger partial charge is 0.462 e. The van der Waals surface area contributed by atoms with E-state index in [1.54, 1.807) is 20.0 Å². The highest BCUT2D eigenvalue weighted by Gasteiger charge is 2.47. The number of nitrogens with zero attached hydrogens (tertiary/aromatic N) is 2. The Balaban J connectivity index is 1.51. The SMILES string of the molecule is CC(C)(O)C#Cc1ccc2c(c1)[C@]1(COC(Nc3ccccc3)=N1)c1cc(-c3cccnc3)ccc1O2. The van der Waals surface area contributed by atoms with Crippen LogP contribution >= 0.6 is 0 Å². The summed E-state index contributed by atoms with van der Waals surface area (Å²) in [6.07, 6.45) is 3.60. The van der Waals surface area contributed by atoms with Crippen LogP contribution in [0, 0.1) is 11.8 Å². The maximum absolute atomic E-state index is 10.1. The van der Waals surface area contributed by atoms with Crippen LogP contribution in [0.15, 0.2) is 96.2 Å². The lowest BCUT2D eigenvalue weighted by Crippen LogP contribution is -2.31. The minimum absolute atomic E-state index is 0.296. The minimum Gasteiger partial charge on any atom is -0.462 e. The maximum atomic E-state index is 10.1. The number of nitrogens with one attached hydrogen (secondary N) is 1. The van der Waals surface area contributed by atoms with Crippen LogP contribution in [0.4, 0.5) is 5.69 Å². The van der Waals surface area contributed by atoms with Crippen LogP contribution in [0.25, 0.3) is 11.1 Å². The zero-order valence-electron chi connectivity index (χ0n) is 20.5. The molecule has 3 aromatic carbocycles. The predicted octanol–water partition coefficient (Wildman–Crippen LogP) is 5.72. The van der Waals surface area contributed by atoms with E-state index in [9.17, 15) is 5.11 Å². The van der Waals surface area contributed by atoms with E-state index in [1.807, 2.05) is 79.0 Å². The van der Waals surface area contributed by atoms with Crippen molar-refractivity contribution < 1.29 is 14.6 Å². The Hall–Kier alpha value is -4.60. The van der Waals surface area contributed by atoms with Gasteiger partial charge in [0.2, 0.25) is 0 Å². The molecule has 0 radical (unpaired) electrons. The quantitative estimate of drug-likeness (QED) is 0.354. The first-order valence-corrected chi connectivity index (χ1v) is 12.1. The number of anilines is 1. The lowest BCUT2D eigenvalue weighted by atomic mass is 9.80. The van der Waals surface area contributed by atoms with Crippen LogP contribution in [-0.4, -0.2) is 28.3 Å². The third kappa shape index (κ3) is 4.42. The van der Waals surface area contributed by atoms with Gasteiger partial charge in [0.25, 0.3) is 6.02 Å². The predicted molar refractivity (Wildman–Crippen MR) is 144 cm³/mol. The topological polar surface area (TPSA) is 76.0 Å². The summed E-state index contributed by atoms with van der Waals surface area (Å²) in [7, 11) is 0. The van der Waals surface area contributed by atoms with Crippen LogP contribution in [-0.2, 0) is 10.3 Å². The molecule has 0 saturated carbocycles. The Bertz CT molecular complexity index is 1560. The highest BCUT2D eigenvalue weighted by Crippen LogP contribution is 2.52. The fourth-order valence-electron chi connectivity index (χ4n) is 4.56. The number of ether oxygens (including phenoxy) is 2. The molecule has 0 aliphatic carbocycles. The molecule has 0 fully saturated rings. The monoisotopic (exact) mass is 487 g/mol. The molecule has 6 nitrogen and oxygen atoms in total. The Labute approximate surface area is 215 Å². The van der Waals surface area contributed by atoms with Crippen LogP contribution in [0.5, 0.6) is 11.5 Å². The first-order chi connectivity index (χ1) is 17.9. The number of aromatic nitrogens is 1. The summed E-state index contributed by atoms with van der Waals surface area (Å²) in [6.45, 7) is 3.62. The Morgan fingerprint density at radius 1 is 0.919 bits per heavy atom. The van der Waals surface area contributed by atoms with Crippen LogP contribution in [0.3, 0.4) is 0 Å². The van der Waals surface area contributed by atoms with Gasteiger partial charge in [-0.3, -0.25) is 4.98 Å². The van der Waals surface area contributed by atoms with E-state index in [1.165, 1.54) is 0 Å². The van der Waals surface area contributed by atoms with Crippen molar-refractivity contribution in [3.8, 4) is 34.5 Å². The molecule has 3 heterocycles. The maximum Gasteiger partial charge on any atom is 0.290 e. The van der Waals surface area contributed by atoms with Gasteiger partial charge in [-0.25, -0.2) is 4.99 Å². The van der Waals surface area contributed by atoms with Gasteiger partial charge in [0.05, 0.1) is 0 Å². The van der Waals surface area contributed by atoms with Crippen molar-refractivity contribution in [2.24, 2.45) is 4.99 Å². The van der Waals surface area contributed by atoms with Crippen molar-refractivity contribution in [3.63, 3.8) is 0 Å². The van der Waals surface area contributed by atoms with Crippen LogP contribution < -0.4 is 10.1 Å². The lowest BCUT2D eigenvalue weighted by Gasteiger charge is -2.33. The number of aliphatic hydroxyl groups is 1. The van der Waals surface area contributed by atoms with Crippen molar-refractivity contribution in [3.05, 3.63) is 108 Å². The first-order valence-electron chi connectivity index (χ1n) is 12.1. The van der Waals surface area contributed by atoms with Gasteiger partial charge in [-0.15, -0.1) is 0 Å². The summed E-state index contributed by atoms with van der Waals surface area (Å²) >= 11 is 0. The zero-order chi connectivity index (χ0) is 25.5. The van der Waals surface area contributed by atoms with E-state index in [4.69, 9.17) is 14.5 Å². The molecule has 6 rings (SSSR count). The molecule has 2 aliphatic heterocycles. The molecular formula is C31H25N3O3. The lowest BCUT2D eigenvalue weighted by molar-refractivity contribution is 0.143. The molecule has 0 bridgehead atoms. The normalized spacial score (nSPS) is 17.4. The average Bonchev–Trinajstić information content (AvgIpc) is 3.32. The Kier molecular flexibility index (Phi) is 5.44. The smallest absolute Gasteiger partial charge is 0.290 e. The number of pyridine rings is 1. The number of rotatable bonds is 2. The Morgan fingerprint density at radius 2 is 1.70 bits per heavy atom. The van der Waals surface area contributed by atoms with Gasteiger partial charge >= 0.3 is 0 Å². The number of hydrogen-bond acceptors (Lipinski definition) is 6. The second-order valence-electron chi connectivity index (χ2n) is 9.63. The van der Waals surface area contributed by atoms with Crippen molar-refractivity contribution in [2.45, 2.75) is 25.0 Å². The van der Waals surface area contributed by atoms with Gasteiger partial charge in [-0.2, -0.15) is 0 Å². The molecule has 0 unspecified atom stereocenters. The van der Waals surface area contributed by atoms with Gasteiger partial charge in [0, 0.05) is 40.3 Å². The van der Waals surface area contributed by atoms with Gasteiger partial charge < -0.3 is 19.9 Å². The average molecular weight is 488 g/mol. The fourth-order valence-corrected chi connectivity index (χ4v) is 4.56. The van der Waals surface area contributed by atoms with E-state index >= 15 is 0 Å². The zero-order valence-corrected chi connectivity index (χ0v) is 20.5. The number of aliphatic imine (C=N–C) groups is 1. The summed E-state index contributed by atoms with van der Waals surface area (Å²) in [5, 5.41) is 13.4. The first kappa shape index (κ1) is 22.8. The number of amidine groups is 1. The van der Waals surface area contributed by atoms with E-state index in [-0.39, 0.29) is 0 Å². The van der Waals surface area contributed by atoms with Crippen LogP contribution in [0.1, 0.15) is 30.5 Å². The minimum atomic E-state index is -1.10. The van der Waals surface area contributed by atoms with Crippen LogP contribution in [0.2, 0.25) is 0 Å². The number of benzene rings is 3. The Morgan fingerprint density at radius 3 is 2.46 bits per heavy atom. The molecule has 0 saturated heterocycles. The van der Waals surface area contributed by atoms with E-state index in [0.717, 1.165) is 39.3 Å². The molecular weight excluding hydrogens is 462 g/mol. The molecule has 2 aliphatic rings. The molecule has 6 heteroatoms. The van der Waals surface area contributed by atoms with Crippen molar-refractivity contribution in [1.29, 1.82) is 0 Å². The molecule has 1 aromatic heterocycles. The van der Waals surface area contributed by atoms with Gasteiger partial charge in [-0.1, -0.05) is 42.2 Å². The summed E-state index contributed by atoms with van der Waals surface area (Å²) in [5.74, 6) is 7.40. The molecule has 2 N–H and O–H groups in total. The molecule has 182 valence electrons. The molecule has 1 atom stereocenters.